The van der Waals surface area contributed by atoms with Gasteiger partial charge in [-0.05, 0) is 49.9 Å². The third kappa shape index (κ3) is 5.31. The van der Waals surface area contributed by atoms with E-state index in [0.717, 1.165) is 19.4 Å². The van der Waals surface area contributed by atoms with Crippen LogP contribution in [0.15, 0.2) is 91.0 Å². The van der Waals surface area contributed by atoms with E-state index < -0.39 is 0 Å². The van der Waals surface area contributed by atoms with Crippen LogP contribution < -0.4 is 5.32 Å². The Labute approximate surface area is 158 Å². The molecule has 1 nitrogen and oxygen atoms in total. The molecule has 3 aromatic rings. The summed E-state index contributed by atoms with van der Waals surface area (Å²) in [6.07, 6.45) is 2.13. The average molecular weight is 344 g/mol. The second-order valence-corrected chi connectivity index (χ2v) is 7.64. The molecule has 0 aromatic heterocycles. The van der Waals surface area contributed by atoms with Gasteiger partial charge in [0, 0.05) is 11.5 Å². The molecule has 0 saturated carbocycles. The summed E-state index contributed by atoms with van der Waals surface area (Å²) in [7, 11) is 0. The number of hydrogen-bond donors (Lipinski definition) is 1. The lowest BCUT2D eigenvalue weighted by Gasteiger charge is -2.28. The highest BCUT2D eigenvalue weighted by Gasteiger charge is 2.19. The summed E-state index contributed by atoms with van der Waals surface area (Å²) in [4.78, 5) is 0. The highest BCUT2D eigenvalue weighted by Crippen LogP contribution is 2.27. The van der Waals surface area contributed by atoms with Gasteiger partial charge in [0.1, 0.15) is 0 Å². The molecule has 0 spiro atoms. The van der Waals surface area contributed by atoms with Crippen LogP contribution in [0.25, 0.3) is 0 Å². The van der Waals surface area contributed by atoms with E-state index in [4.69, 9.17) is 0 Å². The molecule has 3 aromatic carbocycles. The van der Waals surface area contributed by atoms with Crippen molar-refractivity contribution in [3.63, 3.8) is 0 Å². The van der Waals surface area contributed by atoms with Crippen LogP contribution in [0.2, 0.25) is 0 Å². The Bertz CT molecular complexity index is 724. The maximum absolute atomic E-state index is 3.78. The molecule has 1 heteroatoms. The van der Waals surface area contributed by atoms with Gasteiger partial charge in [-0.3, -0.25) is 0 Å². The molecule has 0 amide bonds. The van der Waals surface area contributed by atoms with Crippen molar-refractivity contribution < 1.29 is 0 Å². The van der Waals surface area contributed by atoms with Crippen LogP contribution in [0.4, 0.5) is 0 Å². The van der Waals surface area contributed by atoms with E-state index in [1.54, 1.807) is 0 Å². The molecule has 0 aliphatic heterocycles. The highest BCUT2D eigenvalue weighted by atomic mass is 14.9. The van der Waals surface area contributed by atoms with Crippen molar-refractivity contribution in [2.24, 2.45) is 0 Å². The Morgan fingerprint density at radius 1 is 0.692 bits per heavy atom. The lowest BCUT2D eigenvalue weighted by Crippen LogP contribution is -2.42. The van der Waals surface area contributed by atoms with E-state index in [1.807, 2.05) is 0 Å². The number of rotatable bonds is 8. The first kappa shape index (κ1) is 18.4. The Morgan fingerprint density at radius 2 is 1.15 bits per heavy atom. The Balaban J connectivity index is 1.65. The highest BCUT2D eigenvalue weighted by molar-refractivity contribution is 5.32. The second-order valence-electron chi connectivity index (χ2n) is 7.64. The summed E-state index contributed by atoms with van der Waals surface area (Å²) in [6.45, 7) is 5.58. The molecule has 0 saturated heterocycles. The fourth-order valence-electron chi connectivity index (χ4n) is 3.62. The molecule has 26 heavy (non-hydrogen) atoms. The largest absolute Gasteiger partial charge is 0.311 e. The van der Waals surface area contributed by atoms with Crippen molar-refractivity contribution in [1.82, 2.24) is 5.32 Å². The molecule has 3 rings (SSSR count). The molecule has 0 fully saturated rings. The van der Waals surface area contributed by atoms with E-state index in [0.29, 0.717) is 5.92 Å². The predicted octanol–water partition coefficient (Wildman–Crippen LogP) is 5.82. The minimum Gasteiger partial charge on any atom is -0.311 e. The van der Waals surface area contributed by atoms with Gasteiger partial charge >= 0.3 is 0 Å². The van der Waals surface area contributed by atoms with E-state index in [2.05, 4.69) is 110 Å². The standard InChI is InChI=1S/C25H29N/c1-25(2,20-21-12-6-3-7-13-21)26-19-18-24(22-14-8-4-9-15-22)23-16-10-5-11-17-23/h3-17,24,26H,18-20H2,1-2H3. The van der Waals surface area contributed by atoms with Gasteiger partial charge in [-0.25, -0.2) is 0 Å². The average Bonchev–Trinajstić information content (AvgIpc) is 2.67. The van der Waals surface area contributed by atoms with Gasteiger partial charge in [-0.1, -0.05) is 91.0 Å². The molecule has 0 aliphatic carbocycles. The van der Waals surface area contributed by atoms with Gasteiger partial charge in [0.05, 0.1) is 0 Å². The van der Waals surface area contributed by atoms with Crippen LogP contribution in [0.5, 0.6) is 0 Å². The lowest BCUT2D eigenvalue weighted by atomic mass is 9.88. The first-order valence-electron chi connectivity index (χ1n) is 9.53. The maximum Gasteiger partial charge on any atom is 0.0165 e. The molecule has 0 unspecified atom stereocenters. The van der Waals surface area contributed by atoms with Gasteiger partial charge in [0.2, 0.25) is 0 Å². The molecule has 0 radical (unpaired) electrons. The summed E-state index contributed by atoms with van der Waals surface area (Å²) >= 11 is 0. The summed E-state index contributed by atoms with van der Waals surface area (Å²) in [5.74, 6) is 0.428. The molecule has 0 aliphatic rings. The topological polar surface area (TPSA) is 12.0 Å². The molecular weight excluding hydrogens is 314 g/mol. The molecule has 134 valence electrons. The van der Waals surface area contributed by atoms with Crippen LogP contribution in [-0.4, -0.2) is 12.1 Å². The van der Waals surface area contributed by atoms with Crippen LogP contribution in [0.1, 0.15) is 42.9 Å². The minimum absolute atomic E-state index is 0.0826. The van der Waals surface area contributed by atoms with E-state index in [1.165, 1.54) is 16.7 Å². The lowest BCUT2D eigenvalue weighted by molar-refractivity contribution is 0.379. The quantitative estimate of drug-likeness (QED) is 0.543. The van der Waals surface area contributed by atoms with Gasteiger partial charge in [0.15, 0.2) is 0 Å². The fourth-order valence-corrected chi connectivity index (χ4v) is 3.62. The van der Waals surface area contributed by atoms with Crippen LogP contribution in [-0.2, 0) is 6.42 Å². The van der Waals surface area contributed by atoms with E-state index >= 15 is 0 Å². The van der Waals surface area contributed by atoms with Gasteiger partial charge in [0.25, 0.3) is 0 Å². The van der Waals surface area contributed by atoms with Crippen LogP contribution in [0, 0.1) is 0 Å². The smallest absolute Gasteiger partial charge is 0.0165 e. The normalized spacial score (nSPS) is 11.7. The SMILES string of the molecule is CC(C)(Cc1ccccc1)NCCC(c1ccccc1)c1ccccc1. The van der Waals surface area contributed by atoms with Gasteiger partial charge < -0.3 is 5.32 Å². The minimum atomic E-state index is 0.0826. The third-order valence-electron chi connectivity index (χ3n) is 4.93. The molecule has 1 N–H and O–H groups in total. The van der Waals surface area contributed by atoms with Crippen molar-refractivity contribution in [2.45, 2.75) is 38.1 Å². The Hall–Kier alpha value is -2.38. The monoisotopic (exact) mass is 343 g/mol. The van der Waals surface area contributed by atoms with Crippen LogP contribution >= 0.6 is 0 Å². The van der Waals surface area contributed by atoms with Crippen molar-refractivity contribution in [3.05, 3.63) is 108 Å². The summed E-state index contributed by atoms with van der Waals surface area (Å²) in [6, 6.07) is 32.4. The summed E-state index contributed by atoms with van der Waals surface area (Å²) in [5, 5.41) is 3.78. The summed E-state index contributed by atoms with van der Waals surface area (Å²) < 4.78 is 0. The van der Waals surface area contributed by atoms with E-state index in [-0.39, 0.29) is 5.54 Å². The van der Waals surface area contributed by atoms with Gasteiger partial charge in [-0.2, -0.15) is 0 Å². The van der Waals surface area contributed by atoms with Crippen molar-refractivity contribution >= 4 is 0 Å². The zero-order valence-corrected chi connectivity index (χ0v) is 15.9. The molecule has 0 bridgehead atoms. The maximum atomic E-state index is 3.78. The zero-order chi connectivity index (χ0) is 18.2. The van der Waals surface area contributed by atoms with Crippen LogP contribution in [0.3, 0.4) is 0 Å². The third-order valence-corrected chi connectivity index (χ3v) is 4.93. The number of hydrogen-bond acceptors (Lipinski definition) is 1. The van der Waals surface area contributed by atoms with Crippen molar-refractivity contribution in [3.8, 4) is 0 Å². The zero-order valence-electron chi connectivity index (χ0n) is 15.9. The first-order chi connectivity index (χ1) is 12.6. The number of nitrogens with one attached hydrogen (secondary N) is 1. The van der Waals surface area contributed by atoms with E-state index in [9.17, 15) is 0 Å². The first-order valence-corrected chi connectivity index (χ1v) is 9.53. The molecule has 0 atom stereocenters. The number of benzene rings is 3. The predicted molar refractivity (Wildman–Crippen MR) is 112 cm³/mol. The fraction of sp³-hybridized carbons (Fsp3) is 0.280. The van der Waals surface area contributed by atoms with Crippen molar-refractivity contribution in [1.29, 1.82) is 0 Å². The molecule has 0 heterocycles. The Kier molecular flexibility index (Phi) is 6.25. The van der Waals surface area contributed by atoms with Crippen molar-refractivity contribution in [2.75, 3.05) is 6.54 Å². The van der Waals surface area contributed by atoms with Gasteiger partial charge in [-0.15, -0.1) is 0 Å². The Morgan fingerprint density at radius 3 is 1.65 bits per heavy atom. The molecular formula is C25H29N. The second kappa shape index (κ2) is 8.82. The summed E-state index contributed by atoms with van der Waals surface area (Å²) in [5.41, 5.74) is 4.25.